The van der Waals surface area contributed by atoms with E-state index in [1.807, 2.05) is 0 Å². The van der Waals surface area contributed by atoms with E-state index in [0.717, 1.165) is 170 Å². The van der Waals surface area contributed by atoms with Crippen LogP contribution in [0.5, 0.6) is 0 Å². The average molecular weight is 1940 g/mol. The first-order valence-corrected chi connectivity index (χ1v) is 50.2. The molecule has 3 N–H and O–H groups in total. The van der Waals surface area contributed by atoms with Crippen molar-refractivity contribution >= 4 is 177 Å². The van der Waals surface area contributed by atoms with Crippen LogP contribution in [0, 0.1) is 27.1 Å². The largest absolute Gasteiger partial charge is 0.396 e. The van der Waals surface area contributed by atoms with E-state index < -0.39 is 5.41 Å². The number of methoxy groups -OCH3 is 3. The third-order valence-electron chi connectivity index (χ3n) is 15.9. The lowest BCUT2D eigenvalue weighted by Crippen LogP contribution is -2.42. The van der Waals surface area contributed by atoms with Gasteiger partial charge in [-0.2, -0.15) is 177 Å². The minimum absolute atomic E-state index is 0.108. The molecule has 37 heteroatoms. The fraction of sp³-hybridized carbons (Fsp3) is 1.00. The maximum absolute atomic E-state index is 8.92. The highest BCUT2D eigenvalue weighted by Gasteiger charge is 2.37. The number of hydrogen-bond donors (Lipinski definition) is 17. The summed E-state index contributed by atoms with van der Waals surface area (Å²) in [6, 6.07) is 0. The second kappa shape index (κ2) is 106. The van der Waals surface area contributed by atoms with Gasteiger partial charge in [0, 0.05) is 153 Å². The van der Waals surface area contributed by atoms with Crippen molar-refractivity contribution in [2.45, 2.75) is 109 Å². The smallest absolute Gasteiger partial charge is 0.0637 e. The van der Waals surface area contributed by atoms with Crippen molar-refractivity contribution in [3.63, 3.8) is 0 Å². The molecule has 0 saturated heterocycles. The molecule has 0 spiro atoms. The summed E-state index contributed by atoms with van der Waals surface area (Å²) in [5.74, 6) is 11.4. The van der Waals surface area contributed by atoms with Gasteiger partial charge in [-0.05, 0) is 190 Å². The number of rotatable bonds is 91. The Balaban J connectivity index is -0.000000444. The second-order valence-electron chi connectivity index (χ2n) is 28.0. The van der Waals surface area contributed by atoms with Crippen LogP contribution < -0.4 is 0 Å². The molecule has 706 valence electrons. The normalized spacial score (nSPS) is 12.0. The van der Waals surface area contributed by atoms with Gasteiger partial charge < -0.3 is 110 Å². The first-order chi connectivity index (χ1) is 56.7. The van der Waals surface area contributed by atoms with E-state index in [1.54, 1.807) is 21.3 Å². The van der Waals surface area contributed by atoms with Gasteiger partial charge in [0.25, 0.3) is 0 Å². The van der Waals surface area contributed by atoms with Gasteiger partial charge in [-0.15, -0.1) is 0 Å². The highest BCUT2D eigenvalue weighted by Crippen LogP contribution is 2.27. The van der Waals surface area contributed by atoms with Crippen LogP contribution in [-0.2, 0) is 94.7 Å². The molecule has 0 amide bonds. The summed E-state index contributed by atoms with van der Waals surface area (Å²) in [6.45, 7) is 21.9. The Hall–Kier alpha value is 3.98. The van der Waals surface area contributed by atoms with Crippen molar-refractivity contribution in [3.05, 3.63) is 0 Å². The Morgan fingerprint density at radius 3 is 0.319 bits per heavy atom. The van der Waals surface area contributed by atoms with Gasteiger partial charge in [-0.3, -0.25) is 0 Å². The summed E-state index contributed by atoms with van der Waals surface area (Å²) in [5.41, 5.74) is -1.55. The van der Waals surface area contributed by atoms with E-state index in [-0.39, 0.29) is 41.5 Å². The van der Waals surface area contributed by atoms with Crippen LogP contribution in [0.1, 0.15) is 109 Å². The summed E-state index contributed by atoms with van der Waals surface area (Å²) in [4.78, 5) is 0. The van der Waals surface area contributed by atoms with Gasteiger partial charge in [-0.1, -0.05) is 0 Å². The average Bonchev–Trinajstić information content (AvgIpc) is 0.897. The monoisotopic (exact) mass is 1930 g/mol. The van der Waals surface area contributed by atoms with Crippen LogP contribution in [0.15, 0.2) is 0 Å². The number of hydrogen-bond acceptors (Lipinski definition) is 37. The highest BCUT2D eigenvalue weighted by atomic mass is 32.1. The zero-order chi connectivity index (χ0) is 86.8. The zero-order valence-corrected chi connectivity index (χ0v) is 84.0. The third-order valence-corrected chi connectivity index (χ3v) is 20.3. The van der Waals surface area contributed by atoms with Gasteiger partial charge in [0.2, 0.25) is 0 Å². The molecular weight excluding hydrogens is 1770 g/mol. The lowest BCUT2D eigenvalue weighted by atomic mass is 9.92. The maximum Gasteiger partial charge on any atom is 0.0637 e. The molecule has 0 aliphatic carbocycles. The van der Waals surface area contributed by atoms with Gasteiger partial charge in [0.1, 0.15) is 0 Å². The molecule has 0 fully saturated rings. The minimum atomic E-state index is -0.405. The molecule has 0 rings (SSSR count). The Morgan fingerprint density at radius 1 is 0.147 bits per heavy atom. The van der Waals surface area contributed by atoms with E-state index >= 15 is 0 Å². The fourth-order valence-electron chi connectivity index (χ4n) is 9.91. The van der Waals surface area contributed by atoms with E-state index in [2.05, 4.69) is 177 Å². The van der Waals surface area contributed by atoms with Gasteiger partial charge in [0.05, 0.1) is 159 Å². The van der Waals surface area contributed by atoms with Crippen molar-refractivity contribution in [1.82, 2.24) is 0 Å². The van der Waals surface area contributed by atoms with Crippen molar-refractivity contribution in [2.24, 2.45) is 27.1 Å². The van der Waals surface area contributed by atoms with Crippen LogP contribution in [0.4, 0.5) is 0 Å². The molecule has 0 radical (unpaired) electrons. The molecule has 0 unspecified atom stereocenters. The molecule has 0 aromatic carbocycles. The Morgan fingerprint density at radius 2 is 0.233 bits per heavy atom. The molecule has 116 heavy (non-hydrogen) atoms. The molecule has 0 aromatic rings. The van der Waals surface area contributed by atoms with Crippen LogP contribution in [0.2, 0.25) is 0 Å². The van der Waals surface area contributed by atoms with Crippen molar-refractivity contribution in [1.29, 1.82) is 0 Å². The zero-order valence-electron chi connectivity index (χ0n) is 71.5. The van der Waals surface area contributed by atoms with Gasteiger partial charge >= 0.3 is 0 Å². The molecule has 23 nitrogen and oxygen atoms in total. The van der Waals surface area contributed by atoms with E-state index in [1.165, 1.54) is 0 Å². The van der Waals surface area contributed by atoms with E-state index in [4.69, 9.17) is 110 Å². The number of thiol groups is 14. The quantitative estimate of drug-likeness (QED) is 0.0200. The van der Waals surface area contributed by atoms with Crippen LogP contribution in [-0.4, -0.2) is 381 Å². The number of aliphatic hydroxyl groups is 3. The van der Waals surface area contributed by atoms with Gasteiger partial charge in [-0.25, -0.2) is 0 Å². The topological polar surface area (TPSA) is 245 Å². The lowest BCUT2D eigenvalue weighted by Gasteiger charge is -2.33. The highest BCUT2D eigenvalue weighted by molar-refractivity contribution is 7.82. The molecular formula is C79H168O23S14. The Kier molecular flexibility index (Phi) is 117. The van der Waals surface area contributed by atoms with Crippen molar-refractivity contribution in [2.75, 3.05) is 366 Å². The summed E-state index contributed by atoms with van der Waals surface area (Å²) >= 11 is 58.9. The summed E-state index contributed by atoms with van der Waals surface area (Å²) in [6.07, 6.45) is 14.7. The number of ether oxygens (including phenoxy) is 20. The summed E-state index contributed by atoms with van der Waals surface area (Å²) < 4.78 is 115. The molecule has 0 atom stereocenters. The van der Waals surface area contributed by atoms with Crippen LogP contribution in [0.3, 0.4) is 0 Å². The predicted octanol–water partition coefficient (Wildman–Crippen LogP) is 11.7. The standard InChI is InChI=1S/C17H36O6S2.C17H36O5S3.C17H36O4S4.C15H32O4S3.C13H28O4S2/c18-5-1-7-20-13-17(14-21-8-2-6-19,15-22-9-3-11-24)16-23-10-4-12-25;18-5-1-6-19-13-17(14-20-7-2-10-23,15-21-8-3-11-24)16-22-9-4-12-25;22-9-1-5-18-13-17(14-19-6-2-10-23,15-20-7-3-11-24)16-21-8-4-12-25;1-16-11-15(12-17-5-2-8-20,13-18-6-3-9-21)14-19-7-4-10-22;1-14-9-13(10-15-2,11-16-5-3-7-18)12-17-6-4-8-19/h18-19,24-25H,1-16H2;18,23-25H,1-16H2;22-25H,1-16H2;20-22H,2-14H2,1H3;18-19H,3-12H2,1-2H3. The molecule has 0 aliphatic heterocycles. The van der Waals surface area contributed by atoms with Crippen LogP contribution >= 0.6 is 177 Å². The molecule has 0 saturated carbocycles. The van der Waals surface area contributed by atoms with E-state index in [9.17, 15) is 0 Å². The molecule has 0 aliphatic rings. The van der Waals surface area contributed by atoms with Crippen molar-refractivity contribution in [3.8, 4) is 0 Å². The first kappa shape index (κ1) is 128. The SMILES string of the molecule is COCC(COC)(COCCCS)COCCCS.COCC(COCCCS)(COCCCS)COCCCS.OCCCOCC(COCCCO)(COCCCS)COCCCS.OCCCOCC(COCCCS)(COCCCS)COCCCS.SCCCOCC(COCCCS)(COCCCS)COCCCS. The minimum Gasteiger partial charge on any atom is -0.396 e. The fourth-order valence-corrected chi connectivity index (χ4v) is 11.7. The van der Waals surface area contributed by atoms with Gasteiger partial charge in [0.15, 0.2) is 0 Å². The Bertz CT molecular complexity index is 1470. The van der Waals surface area contributed by atoms with Crippen LogP contribution in [0.25, 0.3) is 0 Å². The Labute approximate surface area is 782 Å². The van der Waals surface area contributed by atoms with Crippen molar-refractivity contribution < 1.29 is 110 Å². The molecule has 0 aromatic heterocycles. The first-order valence-electron chi connectivity index (χ1n) is 41.4. The second-order valence-corrected chi connectivity index (χ2v) is 34.3. The summed E-state index contributed by atoms with van der Waals surface area (Å²) in [5, 5.41) is 26.7. The molecule has 0 bridgehead atoms. The number of aliphatic hydroxyl groups excluding tert-OH is 3. The lowest BCUT2D eigenvalue weighted by molar-refractivity contribution is -0.108. The summed E-state index contributed by atoms with van der Waals surface area (Å²) in [7, 11) is 5.07. The molecule has 0 heterocycles. The predicted molar refractivity (Wildman–Crippen MR) is 525 cm³/mol. The van der Waals surface area contributed by atoms with E-state index in [0.29, 0.717) is 264 Å². The third kappa shape index (κ3) is 88.6. The maximum atomic E-state index is 8.92.